The molecule has 1 aromatic carbocycles. The molecule has 16 heavy (non-hydrogen) atoms. The zero-order chi connectivity index (χ0) is 12.5. The normalized spacial score (nSPS) is 10.1. The molecule has 0 N–H and O–H groups in total. The fourth-order valence-corrected chi connectivity index (χ4v) is 1.60. The van der Waals surface area contributed by atoms with Crippen LogP contribution in [0.25, 0.3) is 0 Å². The van der Waals surface area contributed by atoms with Crippen LogP contribution >= 0.6 is 46.4 Å². The van der Waals surface area contributed by atoms with Crippen molar-refractivity contribution in [2.75, 3.05) is 0 Å². The third-order valence-electron chi connectivity index (χ3n) is 1.49. The summed E-state index contributed by atoms with van der Waals surface area (Å²) in [4.78, 5) is 10.9. The Bertz CT molecular complexity index is 473. The van der Waals surface area contributed by atoms with Crippen molar-refractivity contribution in [1.82, 2.24) is 0 Å². The molecule has 0 aliphatic carbocycles. The summed E-state index contributed by atoms with van der Waals surface area (Å²) >= 11 is 22.8. The minimum Gasteiger partial charge on any atom is -0.420 e. The van der Waals surface area contributed by atoms with Crippen molar-refractivity contribution < 1.29 is 13.9 Å². The fourth-order valence-electron chi connectivity index (χ4n) is 0.781. The standard InChI is InChI=1S/C9H3Cl4FO2/c1-3(14)9(15)16-5-2-4(10)6(11)8(13)7(5)12/h2H,1H2. The Morgan fingerprint density at radius 2 is 1.75 bits per heavy atom. The highest BCUT2D eigenvalue weighted by Crippen LogP contribution is 2.42. The summed E-state index contributed by atoms with van der Waals surface area (Å²) in [7, 11) is 0. The molecule has 0 aliphatic heterocycles. The van der Waals surface area contributed by atoms with Gasteiger partial charge in [-0.05, 0) is 0 Å². The van der Waals surface area contributed by atoms with Gasteiger partial charge < -0.3 is 4.74 Å². The van der Waals surface area contributed by atoms with Gasteiger partial charge in [0.1, 0.15) is 5.02 Å². The Morgan fingerprint density at radius 1 is 1.19 bits per heavy atom. The molecule has 0 fully saturated rings. The molecule has 0 saturated carbocycles. The summed E-state index contributed by atoms with van der Waals surface area (Å²) in [6.07, 6.45) is 0. The highest BCUT2D eigenvalue weighted by Gasteiger charge is 2.18. The molecule has 0 amide bonds. The highest BCUT2D eigenvalue weighted by molar-refractivity contribution is 6.52. The maximum Gasteiger partial charge on any atom is 0.371 e. The first-order valence-electron chi connectivity index (χ1n) is 3.74. The lowest BCUT2D eigenvalue weighted by atomic mass is 10.3. The first-order chi connectivity index (χ1) is 7.34. The molecule has 7 heteroatoms. The van der Waals surface area contributed by atoms with E-state index in [1.54, 1.807) is 0 Å². The summed E-state index contributed by atoms with van der Waals surface area (Å²) < 4.78 is 16.9. The molecule has 1 rings (SSSR count). The van der Waals surface area contributed by atoms with E-state index in [2.05, 4.69) is 11.3 Å². The Morgan fingerprint density at radius 3 is 2.25 bits per heavy atom. The maximum absolute atomic E-state index is 12.4. The van der Waals surface area contributed by atoms with E-state index in [1.165, 1.54) is 0 Å². The van der Waals surface area contributed by atoms with Crippen LogP contribution in [-0.4, -0.2) is 5.97 Å². The summed E-state index contributed by atoms with van der Waals surface area (Å²) in [5.41, 5.74) is 0. The molecule has 0 aromatic heterocycles. The van der Waals surface area contributed by atoms with E-state index < -0.39 is 11.8 Å². The van der Waals surface area contributed by atoms with Gasteiger partial charge in [-0.1, -0.05) is 53.0 Å². The van der Waals surface area contributed by atoms with E-state index in [0.29, 0.717) is 0 Å². The zero-order valence-corrected chi connectivity index (χ0v) is 10.5. The Balaban J connectivity index is 3.16. The molecule has 86 valence electrons. The molecule has 2 nitrogen and oxygen atoms in total. The third kappa shape index (κ3) is 2.80. The number of benzene rings is 1. The highest BCUT2D eigenvalue weighted by atomic mass is 35.5. The topological polar surface area (TPSA) is 26.3 Å². The number of halogens is 5. The average Bonchev–Trinajstić information content (AvgIpc) is 2.22. The first-order valence-corrected chi connectivity index (χ1v) is 5.25. The first kappa shape index (κ1) is 13.6. The molecule has 0 spiro atoms. The third-order valence-corrected chi connectivity index (χ3v) is 3.23. The number of ether oxygens (including phenoxy) is 1. The Labute approximate surface area is 110 Å². The molecule has 0 radical (unpaired) electrons. The second-order valence-electron chi connectivity index (χ2n) is 2.59. The van der Waals surface area contributed by atoms with Crippen molar-refractivity contribution >= 4 is 52.4 Å². The van der Waals surface area contributed by atoms with Crippen LogP contribution < -0.4 is 4.74 Å². The monoisotopic (exact) mass is 302 g/mol. The zero-order valence-electron chi connectivity index (χ0n) is 7.49. The van der Waals surface area contributed by atoms with Gasteiger partial charge in [0, 0.05) is 6.07 Å². The predicted molar refractivity (Wildman–Crippen MR) is 62.4 cm³/mol. The number of hydrogen-bond donors (Lipinski definition) is 0. The van der Waals surface area contributed by atoms with Gasteiger partial charge in [0.05, 0.1) is 15.1 Å². The van der Waals surface area contributed by atoms with Crippen LogP contribution in [0, 0.1) is 0 Å². The van der Waals surface area contributed by atoms with Crippen LogP contribution in [0.1, 0.15) is 0 Å². The SMILES string of the molecule is C=C(F)C(=O)Oc1cc(Cl)c(Cl)c(Cl)c1Cl. The number of hydrogen-bond acceptors (Lipinski definition) is 2. The second kappa shape index (κ2) is 5.23. The molecule has 0 saturated heterocycles. The minimum absolute atomic E-state index is 0.0206. The number of esters is 1. The van der Waals surface area contributed by atoms with Gasteiger partial charge in [-0.3, -0.25) is 0 Å². The molecule has 0 atom stereocenters. The largest absolute Gasteiger partial charge is 0.420 e. The number of rotatable bonds is 2. The van der Waals surface area contributed by atoms with Crippen LogP contribution in [0.15, 0.2) is 18.5 Å². The van der Waals surface area contributed by atoms with E-state index in [0.717, 1.165) is 6.07 Å². The summed E-state index contributed by atoms with van der Waals surface area (Å²) in [6, 6.07) is 1.15. The lowest BCUT2D eigenvalue weighted by molar-refractivity contribution is -0.131. The molecule has 0 heterocycles. The Kier molecular flexibility index (Phi) is 4.44. The predicted octanol–water partition coefficient (Wildman–Crippen LogP) is 4.69. The smallest absolute Gasteiger partial charge is 0.371 e. The van der Waals surface area contributed by atoms with Gasteiger partial charge >= 0.3 is 5.97 Å². The summed E-state index contributed by atoms with van der Waals surface area (Å²) in [6.45, 7) is 2.77. The lowest BCUT2D eigenvalue weighted by Gasteiger charge is -2.08. The van der Waals surface area contributed by atoms with Crippen molar-refractivity contribution in [3.05, 3.63) is 38.6 Å². The molecular formula is C9H3Cl4FO2. The molecular weight excluding hydrogens is 301 g/mol. The van der Waals surface area contributed by atoms with E-state index in [4.69, 9.17) is 46.4 Å². The second-order valence-corrected chi connectivity index (χ2v) is 4.13. The molecule has 0 bridgehead atoms. The van der Waals surface area contributed by atoms with Crippen molar-refractivity contribution in [2.45, 2.75) is 0 Å². The van der Waals surface area contributed by atoms with Crippen LogP contribution in [-0.2, 0) is 4.79 Å². The summed E-state index contributed by atoms with van der Waals surface area (Å²) in [5.74, 6) is -2.74. The molecule has 1 aromatic rings. The van der Waals surface area contributed by atoms with Gasteiger partial charge in [0.25, 0.3) is 0 Å². The van der Waals surface area contributed by atoms with E-state index >= 15 is 0 Å². The van der Waals surface area contributed by atoms with Gasteiger partial charge in [0.15, 0.2) is 5.75 Å². The van der Waals surface area contributed by atoms with E-state index in [-0.39, 0.29) is 25.8 Å². The fraction of sp³-hybridized carbons (Fsp3) is 0. The van der Waals surface area contributed by atoms with Gasteiger partial charge in [-0.15, -0.1) is 0 Å². The van der Waals surface area contributed by atoms with Crippen molar-refractivity contribution in [3.63, 3.8) is 0 Å². The maximum atomic E-state index is 12.4. The lowest BCUT2D eigenvalue weighted by Crippen LogP contribution is -2.08. The van der Waals surface area contributed by atoms with E-state index in [1.807, 2.05) is 0 Å². The number of carbonyl (C=O) groups excluding carboxylic acids is 1. The Hall–Kier alpha value is -0.480. The van der Waals surface area contributed by atoms with Gasteiger partial charge in [-0.2, -0.15) is 4.39 Å². The van der Waals surface area contributed by atoms with Crippen molar-refractivity contribution in [3.8, 4) is 5.75 Å². The van der Waals surface area contributed by atoms with Crippen molar-refractivity contribution in [1.29, 1.82) is 0 Å². The number of carbonyl (C=O) groups is 1. The molecule has 0 aliphatic rings. The van der Waals surface area contributed by atoms with Crippen LogP contribution in [0.5, 0.6) is 5.75 Å². The van der Waals surface area contributed by atoms with Gasteiger partial charge in [-0.25, -0.2) is 4.79 Å². The molecule has 0 unspecified atom stereocenters. The van der Waals surface area contributed by atoms with Crippen molar-refractivity contribution in [2.24, 2.45) is 0 Å². The minimum atomic E-state index is -1.28. The van der Waals surface area contributed by atoms with Gasteiger partial charge in [0.2, 0.25) is 5.83 Å². The van der Waals surface area contributed by atoms with Crippen LogP contribution in [0.3, 0.4) is 0 Å². The quantitative estimate of drug-likeness (QED) is 0.260. The van der Waals surface area contributed by atoms with Crippen LogP contribution in [0.4, 0.5) is 4.39 Å². The average molecular weight is 304 g/mol. The summed E-state index contributed by atoms with van der Waals surface area (Å²) in [5, 5.41) is -0.163. The van der Waals surface area contributed by atoms with E-state index in [9.17, 15) is 9.18 Å². The van der Waals surface area contributed by atoms with Crippen LogP contribution in [0.2, 0.25) is 20.1 Å².